The molecule has 1 saturated heterocycles. The number of hydrogen-bond acceptors (Lipinski definition) is 9. The summed E-state index contributed by atoms with van der Waals surface area (Å²) in [5, 5.41) is 14.3. The molecule has 3 heterocycles. The van der Waals surface area contributed by atoms with E-state index in [1.165, 1.54) is 0 Å². The molecule has 11 heteroatoms. The molecule has 4 aromatic rings. The summed E-state index contributed by atoms with van der Waals surface area (Å²) in [5.41, 5.74) is 5.49. The predicted octanol–water partition coefficient (Wildman–Crippen LogP) is 5.51. The van der Waals surface area contributed by atoms with Crippen molar-refractivity contribution in [3.05, 3.63) is 70.2 Å². The van der Waals surface area contributed by atoms with Gasteiger partial charge in [-0.3, -0.25) is 14.9 Å². The Morgan fingerprint density at radius 3 is 1.93 bits per heavy atom. The molecule has 0 radical (unpaired) electrons. The van der Waals surface area contributed by atoms with Gasteiger partial charge in [0.15, 0.2) is 0 Å². The molecule has 2 aromatic carbocycles. The normalized spacial score (nSPS) is 17.3. The highest BCUT2D eigenvalue weighted by atomic mass is 35.5. The Bertz CT molecular complexity index is 1570. The van der Waals surface area contributed by atoms with E-state index in [-0.39, 0.29) is 6.10 Å². The zero-order valence-corrected chi connectivity index (χ0v) is 25.6. The largest absolute Gasteiger partial charge is 0.480 e. The number of likely N-dealkylation sites (tertiary alicyclic amines) is 1. The van der Waals surface area contributed by atoms with E-state index < -0.39 is 0 Å². The van der Waals surface area contributed by atoms with E-state index in [0.717, 1.165) is 24.1 Å². The lowest BCUT2D eigenvalue weighted by Crippen LogP contribution is -2.42. The molecule has 0 amide bonds. The molecule has 1 aliphatic heterocycles. The summed E-state index contributed by atoms with van der Waals surface area (Å²) in [6.45, 7) is 4.63. The number of hydrogen-bond donors (Lipinski definition) is 2. The van der Waals surface area contributed by atoms with Gasteiger partial charge in [0.1, 0.15) is 11.4 Å². The summed E-state index contributed by atoms with van der Waals surface area (Å²) in [6.07, 6.45) is 3.98. The number of rotatable bonds is 9. The van der Waals surface area contributed by atoms with Crippen molar-refractivity contribution in [3.63, 3.8) is 0 Å². The number of aromatic nitrogens is 4. The molecule has 0 spiro atoms. The van der Waals surface area contributed by atoms with Crippen LogP contribution in [0.2, 0.25) is 10.0 Å². The first-order valence-corrected chi connectivity index (χ1v) is 14.5. The third kappa shape index (κ3) is 6.21. The second-order valence-corrected chi connectivity index (χ2v) is 11.1. The molecule has 1 fully saturated rings. The third-order valence-corrected chi connectivity index (χ3v) is 8.38. The van der Waals surface area contributed by atoms with Gasteiger partial charge in [0.05, 0.1) is 54.2 Å². The lowest BCUT2D eigenvalue weighted by atomic mass is 9.96. The average molecular weight is 610 g/mol. The summed E-state index contributed by atoms with van der Waals surface area (Å²) in [4.78, 5) is 20.8. The molecule has 220 valence electrons. The van der Waals surface area contributed by atoms with Crippen LogP contribution in [0.3, 0.4) is 0 Å². The maximum atomic E-state index is 10.3. The van der Waals surface area contributed by atoms with Gasteiger partial charge in [-0.05, 0) is 25.9 Å². The fourth-order valence-electron chi connectivity index (χ4n) is 5.12. The minimum absolute atomic E-state index is 0.292. The number of piperidine rings is 1. The minimum Gasteiger partial charge on any atom is -0.480 e. The molecule has 2 atom stereocenters. The molecule has 0 aliphatic carbocycles. The lowest BCUT2D eigenvalue weighted by Gasteiger charge is -2.34. The zero-order chi connectivity index (χ0) is 29.8. The number of β-amino-alcohol motifs (C(OH)–C–C–N with tert-alkyl or cyclic N) is 1. The highest BCUT2D eigenvalue weighted by Crippen LogP contribution is 2.42. The van der Waals surface area contributed by atoms with Crippen LogP contribution in [0.25, 0.3) is 33.6 Å². The standard InChI is InChI=1S/C31H34Cl2N6O3/c1-18-11-12-39(17-27(18)40)16-26-31(42-4)38-24(15-36-26)22-10-6-8-20(29(22)33)19-7-5-9-21(28(19)32)23-14-35-25(13-34-2)30(37-23)41-3/h5-10,14-15,18,27,34,40H,11-13,16-17H2,1-4H3/t18-,27?/m1/s1. The fourth-order valence-corrected chi connectivity index (χ4v) is 5.77. The fraction of sp³-hybridized carbons (Fsp3) is 0.355. The Balaban J connectivity index is 1.47. The molecule has 0 bridgehead atoms. The van der Waals surface area contributed by atoms with Crippen molar-refractivity contribution in [2.45, 2.75) is 32.5 Å². The first-order chi connectivity index (χ1) is 20.3. The highest BCUT2D eigenvalue weighted by molar-refractivity contribution is 6.39. The number of benzene rings is 2. The Morgan fingerprint density at radius 2 is 1.40 bits per heavy atom. The number of methoxy groups -OCH3 is 2. The van der Waals surface area contributed by atoms with Crippen molar-refractivity contribution in [1.82, 2.24) is 30.2 Å². The van der Waals surface area contributed by atoms with Crippen LogP contribution in [0, 0.1) is 5.92 Å². The quantitative estimate of drug-likeness (QED) is 0.254. The number of halogens is 2. The third-order valence-electron chi connectivity index (χ3n) is 7.57. The van der Waals surface area contributed by atoms with Gasteiger partial charge in [0.25, 0.3) is 0 Å². The number of nitrogens with zero attached hydrogens (tertiary/aromatic N) is 5. The Morgan fingerprint density at radius 1 is 0.881 bits per heavy atom. The molecule has 0 saturated carbocycles. The van der Waals surface area contributed by atoms with Crippen LogP contribution in [-0.2, 0) is 13.1 Å². The van der Waals surface area contributed by atoms with Crippen LogP contribution in [-0.4, -0.2) is 70.4 Å². The van der Waals surface area contributed by atoms with Gasteiger partial charge >= 0.3 is 0 Å². The molecule has 1 aliphatic rings. The molecular formula is C31H34Cl2N6O3. The van der Waals surface area contributed by atoms with Gasteiger partial charge in [-0.25, -0.2) is 9.97 Å². The van der Waals surface area contributed by atoms with Gasteiger partial charge in [0, 0.05) is 41.9 Å². The molecule has 5 rings (SSSR count). The van der Waals surface area contributed by atoms with E-state index >= 15 is 0 Å². The number of aliphatic hydroxyl groups is 1. The van der Waals surface area contributed by atoms with Crippen molar-refractivity contribution < 1.29 is 14.6 Å². The van der Waals surface area contributed by atoms with E-state index in [9.17, 15) is 5.11 Å². The van der Waals surface area contributed by atoms with Crippen LogP contribution in [0.4, 0.5) is 0 Å². The monoisotopic (exact) mass is 608 g/mol. The summed E-state index contributed by atoms with van der Waals surface area (Å²) >= 11 is 14.0. The second kappa shape index (κ2) is 13.3. The second-order valence-electron chi connectivity index (χ2n) is 10.4. The Kier molecular flexibility index (Phi) is 9.55. The summed E-state index contributed by atoms with van der Waals surface area (Å²) in [6, 6.07) is 11.4. The van der Waals surface area contributed by atoms with Crippen LogP contribution < -0.4 is 14.8 Å². The van der Waals surface area contributed by atoms with E-state index in [1.54, 1.807) is 26.6 Å². The molecule has 42 heavy (non-hydrogen) atoms. The number of nitrogens with one attached hydrogen (secondary N) is 1. The van der Waals surface area contributed by atoms with Crippen LogP contribution in [0.1, 0.15) is 24.7 Å². The number of aliphatic hydroxyl groups excluding tert-OH is 1. The van der Waals surface area contributed by atoms with Crippen molar-refractivity contribution in [2.75, 3.05) is 34.4 Å². The van der Waals surface area contributed by atoms with Gasteiger partial charge in [-0.15, -0.1) is 0 Å². The summed E-state index contributed by atoms with van der Waals surface area (Å²) in [7, 11) is 4.99. The van der Waals surface area contributed by atoms with E-state index in [1.807, 2.05) is 43.4 Å². The minimum atomic E-state index is -0.351. The maximum absolute atomic E-state index is 10.3. The van der Waals surface area contributed by atoms with E-state index in [0.29, 0.717) is 81.3 Å². The van der Waals surface area contributed by atoms with Gasteiger partial charge in [0.2, 0.25) is 11.8 Å². The predicted molar refractivity (Wildman–Crippen MR) is 165 cm³/mol. The van der Waals surface area contributed by atoms with Crippen LogP contribution in [0.15, 0.2) is 48.8 Å². The molecule has 1 unspecified atom stereocenters. The molecular weight excluding hydrogens is 575 g/mol. The van der Waals surface area contributed by atoms with Crippen molar-refractivity contribution in [1.29, 1.82) is 0 Å². The maximum Gasteiger partial charge on any atom is 0.237 e. The molecule has 9 nitrogen and oxygen atoms in total. The Hall–Kier alpha value is -3.34. The summed E-state index contributed by atoms with van der Waals surface area (Å²) in [5.74, 6) is 1.15. The van der Waals surface area contributed by atoms with Crippen LogP contribution >= 0.6 is 23.2 Å². The van der Waals surface area contributed by atoms with E-state index in [4.69, 9.17) is 37.7 Å². The first-order valence-electron chi connectivity index (χ1n) is 13.8. The summed E-state index contributed by atoms with van der Waals surface area (Å²) < 4.78 is 11.1. The van der Waals surface area contributed by atoms with Crippen molar-refractivity contribution >= 4 is 23.2 Å². The van der Waals surface area contributed by atoms with Gasteiger partial charge in [-0.2, -0.15) is 0 Å². The number of ether oxygens (including phenoxy) is 2. The zero-order valence-electron chi connectivity index (χ0n) is 24.1. The smallest absolute Gasteiger partial charge is 0.237 e. The highest BCUT2D eigenvalue weighted by Gasteiger charge is 2.26. The van der Waals surface area contributed by atoms with Crippen molar-refractivity contribution in [2.24, 2.45) is 5.92 Å². The average Bonchev–Trinajstić information content (AvgIpc) is 3.00. The van der Waals surface area contributed by atoms with Crippen molar-refractivity contribution in [3.8, 4) is 45.4 Å². The van der Waals surface area contributed by atoms with Gasteiger partial charge < -0.3 is 19.9 Å². The first kappa shape index (κ1) is 30.1. The van der Waals surface area contributed by atoms with Crippen LogP contribution in [0.5, 0.6) is 11.8 Å². The van der Waals surface area contributed by atoms with Gasteiger partial charge in [-0.1, -0.05) is 66.5 Å². The Labute approximate surface area is 255 Å². The van der Waals surface area contributed by atoms with E-state index in [2.05, 4.69) is 32.1 Å². The topological polar surface area (TPSA) is 106 Å². The molecule has 2 N–H and O–H groups in total. The lowest BCUT2D eigenvalue weighted by molar-refractivity contribution is 0.0250. The SMILES string of the molecule is CNCc1ncc(-c2cccc(-c3cccc(-c4cnc(CN5CC[C@@H](C)C(O)C5)c(OC)n4)c3Cl)c2Cl)nc1OC. The molecule has 2 aromatic heterocycles.